The van der Waals surface area contributed by atoms with E-state index in [0.29, 0.717) is 12.2 Å². The first-order chi connectivity index (χ1) is 8.66. The van der Waals surface area contributed by atoms with Gasteiger partial charge in [-0.15, -0.1) is 11.3 Å². The predicted octanol–water partition coefficient (Wildman–Crippen LogP) is 2.36. The molecule has 3 N–H and O–H groups in total. The van der Waals surface area contributed by atoms with Gasteiger partial charge in [0.05, 0.1) is 17.8 Å². The number of aryl methyl sites for hydroxylation is 1. The van der Waals surface area contributed by atoms with E-state index in [1.807, 2.05) is 24.6 Å². The Morgan fingerprint density at radius 3 is 2.67 bits per heavy atom. The van der Waals surface area contributed by atoms with Gasteiger partial charge in [-0.25, -0.2) is 4.98 Å². The largest absolute Gasteiger partial charge is 0.493 e. The van der Waals surface area contributed by atoms with Crippen molar-refractivity contribution < 1.29 is 4.74 Å². The highest BCUT2D eigenvalue weighted by atomic mass is 32.1. The molecule has 0 aliphatic carbocycles. The molecule has 0 aliphatic rings. The Kier molecular flexibility index (Phi) is 3.94. The highest BCUT2D eigenvalue weighted by Gasteiger charge is 2.02. The summed E-state index contributed by atoms with van der Waals surface area (Å²) in [7, 11) is 0. The number of nitrogens with one attached hydrogen (secondary N) is 1. The number of ether oxygens (including phenoxy) is 1. The van der Waals surface area contributed by atoms with Gasteiger partial charge in [0, 0.05) is 16.9 Å². The molecule has 0 fully saturated rings. The molecule has 0 bridgehead atoms. The molecule has 0 aliphatic heterocycles. The van der Waals surface area contributed by atoms with Crippen molar-refractivity contribution in [2.45, 2.75) is 13.3 Å². The summed E-state index contributed by atoms with van der Waals surface area (Å²) in [5, 5.41) is 7.29. The smallest absolute Gasteiger partial charge is 0.122 e. The molecule has 0 atom stereocenters. The van der Waals surface area contributed by atoms with Crippen LogP contribution in [0.5, 0.6) is 5.75 Å². The van der Waals surface area contributed by atoms with Gasteiger partial charge < -0.3 is 10.5 Å². The fraction of sp³-hybridized carbons (Fsp3) is 0.231. The molecule has 5 heteroatoms. The maximum absolute atomic E-state index is 7.29. The highest BCUT2D eigenvalue weighted by Crippen LogP contribution is 2.15. The predicted molar refractivity (Wildman–Crippen MR) is 73.5 cm³/mol. The molecule has 18 heavy (non-hydrogen) atoms. The Hall–Kier alpha value is -1.88. The molecule has 1 aromatic carbocycles. The zero-order valence-corrected chi connectivity index (χ0v) is 11.0. The number of nitrogen functional groups attached to an aromatic ring is 1. The number of nitrogens with two attached hydrogens (primary N) is 1. The summed E-state index contributed by atoms with van der Waals surface area (Å²) in [6.07, 6.45) is 0.866. The summed E-state index contributed by atoms with van der Waals surface area (Å²) < 4.78 is 5.64. The zero-order valence-electron chi connectivity index (χ0n) is 10.1. The Labute approximate surface area is 110 Å². The summed E-state index contributed by atoms with van der Waals surface area (Å²) in [5.74, 6) is 0.865. The Morgan fingerprint density at radius 1 is 1.39 bits per heavy atom. The van der Waals surface area contributed by atoms with Crippen LogP contribution in [0.25, 0.3) is 0 Å². The number of amidine groups is 1. The van der Waals surface area contributed by atoms with E-state index < -0.39 is 0 Å². The molecule has 1 heterocycles. The van der Waals surface area contributed by atoms with E-state index in [-0.39, 0.29) is 5.84 Å². The molecule has 0 spiro atoms. The first kappa shape index (κ1) is 12.6. The molecule has 0 amide bonds. The second-order valence-electron chi connectivity index (χ2n) is 3.90. The van der Waals surface area contributed by atoms with E-state index in [2.05, 4.69) is 4.98 Å². The van der Waals surface area contributed by atoms with Crippen LogP contribution in [0.15, 0.2) is 29.8 Å². The number of hydrogen-bond donors (Lipinski definition) is 2. The van der Waals surface area contributed by atoms with E-state index in [1.165, 1.54) is 4.88 Å². The van der Waals surface area contributed by atoms with Crippen LogP contribution in [0.1, 0.15) is 16.1 Å². The van der Waals surface area contributed by atoms with Crippen LogP contribution < -0.4 is 10.5 Å². The second kappa shape index (κ2) is 5.64. The molecule has 1 aromatic heterocycles. The SMILES string of the molecule is Cc1ncsc1CCOc1ccc(C(=N)N)cc1. The average molecular weight is 261 g/mol. The van der Waals surface area contributed by atoms with Gasteiger partial charge in [-0.3, -0.25) is 5.41 Å². The molecule has 0 unspecified atom stereocenters. The number of rotatable bonds is 5. The number of nitrogens with zero attached hydrogens (tertiary/aromatic N) is 1. The Balaban J connectivity index is 1.87. The van der Waals surface area contributed by atoms with E-state index in [1.54, 1.807) is 23.5 Å². The molecular weight excluding hydrogens is 246 g/mol. The maximum Gasteiger partial charge on any atom is 0.122 e. The molecule has 2 aromatic rings. The van der Waals surface area contributed by atoms with Crippen LogP contribution in [-0.2, 0) is 6.42 Å². The normalized spacial score (nSPS) is 10.3. The lowest BCUT2D eigenvalue weighted by atomic mass is 10.2. The average Bonchev–Trinajstić information content (AvgIpc) is 2.76. The van der Waals surface area contributed by atoms with E-state index in [9.17, 15) is 0 Å². The number of benzene rings is 1. The van der Waals surface area contributed by atoms with Crippen molar-refractivity contribution in [1.82, 2.24) is 4.98 Å². The number of thiazole rings is 1. The number of aromatic nitrogens is 1. The quantitative estimate of drug-likeness (QED) is 0.641. The summed E-state index contributed by atoms with van der Waals surface area (Å²) in [5.41, 5.74) is 9.02. The fourth-order valence-electron chi connectivity index (χ4n) is 1.56. The minimum Gasteiger partial charge on any atom is -0.493 e. The fourth-order valence-corrected chi connectivity index (χ4v) is 2.32. The summed E-state index contributed by atoms with van der Waals surface area (Å²) in [6.45, 7) is 2.63. The molecule has 0 saturated carbocycles. The lowest BCUT2D eigenvalue weighted by Crippen LogP contribution is -2.10. The summed E-state index contributed by atoms with van der Waals surface area (Å²) in [6, 6.07) is 7.23. The van der Waals surface area contributed by atoms with E-state index in [0.717, 1.165) is 17.9 Å². The van der Waals surface area contributed by atoms with Crippen molar-refractivity contribution in [2.24, 2.45) is 5.73 Å². The van der Waals surface area contributed by atoms with Crippen LogP contribution in [0.2, 0.25) is 0 Å². The second-order valence-corrected chi connectivity index (χ2v) is 4.84. The van der Waals surface area contributed by atoms with Gasteiger partial charge in [0.1, 0.15) is 11.6 Å². The highest BCUT2D eigenvalue weighted by molar-refractivity contribution is 7.09. The van der Waals surface area contributed by atoms with Gasteiger partial charge in [-0.05, 0) is 31.2 Å². The van der Waals surface area contributed by atoms with Crippen LogP contribution in [-0.4, -0.2) is 17.4 Å². The molecule has 94 valence electrons. The maximum atomic E-state index is 7.29. The third kappa shape index (κ3) is 3.07. The lowest BCUT2D eigenvalue weighted by Gasteiger charge is -2.06. The van der Waals surface area contributed by atoms with E-state index in [4.69, 9.17) is 15.9 Å². The van der Waals surface area contributed by atoms with Crippen molar-refractivity contribution in [2.75, 3.05) is 6.61 Å². The van der Waals surface area contributed by atoms with Crippen molar-refractivity contribution in [3.05, 3.63) is 45.9 Å². The Morgan fingerprint density at radius 2 is 2.11 bits per heavy atom. The topological polar surface area (TPSA) is 72.0 Å². The van der Waals surface area contributed by atoms with Gasteiger partial charge >= 0.3 is 0 Å². The standard InChI is InChI=1S/C13H15N3OS/c1-9-12(18-8-16-9)6-7-17-11-4-2-10(3-5-11)13(14)15/h2-5,8H,6-7H2,1H3,(H3,14,15). The summed E-state index contributed by atoms with van der Waals surface area (Å²) >= 11 is 1.66. The molecule has 4 nitrogen and oxygen atoms in total. The van der Waals surface area contributed by atoms with Crippen molar-refractivity contribution in [1.29, 1.82) is 5.41 Å². The lowest BCUT2D eigenvalue weighted by molar-refractivity contribution is 0.322. The summed E-state index contributed by atoms with van der Waals surface area (Å²) in [4.78, 5) is 5.46. The third-order valence-electron chi connectivity index (χ3n) is 2.61. The molecule has 2 rings (SSSR count). The van der Waals surface area contributed by atoms with Crippen molar-refractivity contribution >= 4 is 17.2 Å². The van der Waals surface area contributed by atoms with E-state index >= 15 is 0 Å². The van der Waals surface area contributed by atoms with Crippen LogP contribution in [0.3, 0.4) is 0 Å². The number of hydrogen-bond acceptors (Lipinski definition) is 4. The van der Waals surface area contributed by atoms with Gasteiger partial charge in [0.15, 0.2) is 0 Å². The van der Waals surface area contributed by atoms with Crippen LogP contribution in [0.4, 0.5) is 0 Å². The minimum atomic E-state index is 0.0711. The first-order valence-corrected chi connectivity index (χ1v) is 6.51. The third-order valence-corrected chi connectivity index (χ3v) is 3.60. The monoisotopic (exact) mass is 261 g/mol. The van der Waals surface area contributed by atoms with Crippen molar-refractivity contribution in [3.8, 4) is 5.75 Å². The molecule has 0 saturated heterocycles. The van der Waals surface area contributed by atoms with Gasteiger partial charge in [0.25, 0.3) is 0 Å². The van der Waals surface area contributed by atoms with Crippen LogP contribution in [0, 0.1) is 12.3 Å². The molecule has 0 radical (unpaired) electrons. The van der Waals surface area contributed by atoms with Crippen molar-refractivity contribution in [3.63, 3.8) is 0 Å². The van der Waals surface area contributed by atoms with Gasteiger partial charge in [0.2, 0.25) is 0 Å². The Bertz CT molecular complexity index is 533. The molecular formula is C13H15N3OS. The minimum absolute atomic E-state index is 0.0711. The zero-order chi connectivity index (χ0) is 13.0. The first-order valence-electron chi connectivity index (χ1n) is 5.63. The van der Waals surface area contributed by atoms with Gasteiger partial charge in [-0.1, -0.05) is 0 Å². The van der Waals surface area contributed by atoms with Gasteiger partial charge in [-0.2, -0.15) is 0 Å². The van der Waals surface area contributed by atoms with Crippen LogP contribution >= 0.6 is 11.3 Å².